The van der Waals surface area contributed by atoms with Gasteiger partial charge in [-0.05, 0) is 18.2 Å². The monoisotopic (exact) mass is 315 g/mol. The average Bonchev–Trinajstić information content (AvgIpc) is 3.02. The molecule has 0 unspecified atom stereocenters. The van der Waals surface area contributed by atoms with Crippen molar-refractivity contribution in [2.75, 3.05) is 5.32 Å². The topological polar surface area (TPSA) is 54.9 Å². The van der Waals surface area contributed by atoms with E-state index in [-0.39, 0.29) is 5.91 Å². The predicted molar refractivity (Wildman–Crippen MR) is 84.8 cm³/mol. The van der Waals surface area contributed by atoms with Crippen LogP contribution in [0, 0.1) is 0 Å². The third-order valence-electron chi connectivity index (χ3n) is 2.81. The normalized spacial score (nSPS) is 10.3. The molecule has 0 aliphatic heterocycles. The quantitative estimate of drug-likeness (QED) is 0.791. The Morgan fingerprint density at radius 1 is 1.24 bits per heavy atom. The number of pyridine rings is 1. The van der Waals surface area contributed by atoms with Gasteiger partial charge in [-0.15, -0.1) is 11.3 Å². The van der Waals surface area contributed by atoms with Crippen molar-refractivity contribution in [2.45, 2.75) is 0 Å². The summed E-state index contributed by atoms with van der Waals surface area (Å²) in [5.41, 5.74) is 1.99. The zero-order chi connectivity index (χ0) is 14.7. The lowest BCUT2D eigenvalue weighted by Gasteiger charge is -2.07. The molecule has 0 aliphatic carbocycles. The number of nitrogens with zero attached hydrogens (tertiary/aromatic N) is 2. The maximum Gasteiger partial charge on any atom is 0.258 e. The Bertz CT molecular complexity index is 774. The fourth-order valence-corrected chi connectivity index (χ4v) is 2.67. The first-order valence-electron chi connectivity index (χ1n) is 6.15. The molecule has 1 aromatic carbocycles. The van der Waals surface area contributed by atoms with Crippen molar-refractivity contribution in [1.82, 2.24) is 9.97 Å². The average molecular weight is 316 g/mol. The van der Waals surface area contributed by atoms with Crippen molar-refractivity contribution in [2.24, 2.45) is 0 Å². The van der Waals surface area contributed by atoms with E-state index in [1.165, 1.54) is 6.20 Å². The molecule has 3 rings (SSSR count). The molecule has 0 spiro atoms. The number of halogens is 1. The Hall–Kier alpha value is -2.24. The Balaban J connectivity index is 1.84. The number of aromatic nitrogens is 2. The number of nitrogens with one attached hydrogen (secondary N) is 1. The molecular weight excluding hydrogens is 306 g/mol. The van der Waals surface area contributed by atoms with Crippen LogP contribution in [0.25, 0.3) is 10.6 Å². The van der Waals surface area contributed by atoms with Gasteiger partial charge >= 0.3 is 0 Å². The van der Waals surface area contributed by atoms with Gasteiger partial charge in [0.15, 0.2) is 0 Å². The maximum absolute atomic E-state index is 12.2. The Labute approximate surface area is 130 Å². The van der Waals surface area contributed by atoms with Crippen molar-refractivity contribution in [3.63, 3.8) is 0 Å². The van der Waals surface area contributed by atoms with Gasteiger partial charge in [-0.2, -0.15) is 0 Å². The van der Waals surface area contributed by atoms with Crippen LogP contribution in [0.2, 0.25) is 5.02 Å². The lowest BCUT2D eigenvalue weighted by atomic mass is 10.2. The van der Waals surface area contributed by atoms with Crippen LogP contribution in [-0.2, 0) is 0 Å². The first-order valence-corrected chi connectivity index (χ1v) is 7.40. The van der Waals surface area contributed by atoms with Crippen LogP contribution >= 0.6 is 22.9 Å². The fourth-order valence-electron chi connectivity index (χ4n) is 1.84. The molecule has 1 N–H and O–H groups in total. The van der Waals surface area contributed by atoms with Crippen molar-refractivity contribution in [3.8, 4) is 10.6 Å². The zero-order valence-electron chi connectivity index (χ0n) is 10.8. The highest BCUT2D eigenvalue weighted by atomic mass is 35.5. The zero-order valence-corrected chi connectivity index (χ0v) is 12.4. The van der Waals surface area contributed by atoms with Crippen molar-refractivity contribution < 1.29 is 4.79 Å². The first-order chi connectivity index (χ1) is 10.2. The van der Waals surface area contributed by atoms with E-state index in [0.29, 0.717) is 16.3 Å². The molecule has 104 valence electrons. The van der Waals surface area contributed by atoms with Gasteiger partial charge in [0.25, 0.3) is 5.91 Å². The van der Waals surface area contributed by atoms with Crippen molar-refractivity contribution in [3.05, 3.63) is 64.9 Å². The lowest BCUT2D eigenvalue weighted by Crippen LogP contribution is -2.12. The van der Waals surface area contributed by atoms with E-state index >= 15 is 0 Å². The number of anilines is 1. The molecule has 0 atom stereocenters. The van der Waals surface area contributed by atoms with Crippen LogP contribution in [0.3, 0.4) is 0 Å². The minimum atomic E-state index is -0.288. The van der Waals surface area contributed by atoms with Crippen LogP contribution in [0.5, 0.6) is 0 Å². The van der Waals surface area contributed by atoms with Crippen LogP contribution < -0.4 is 5.32 Å². The van der Waals surface area contributed by atoms with Gasteiger partial charge in [0, 0.05) is 35.2 Å². The van der Waals surface area contributed by atoms with E-state index in [0.717, 1.165) is 10.6 Å². The minimum absolute atomic E-state index is 0.288. The molecule has 1 amide bonds. The van der Waals surface area contributed by atoms with E-state index in [4.69, 9.17) is 11.6 Å². The lowest BCUT2D eigenvalue weighted by molar-refractivity contribution is 0.102. The van der Waals surface area contributed by atoms with Gasteiger partial charge in [-0.1, -0.05) is 23.7 Å². The number of rotatable bonds is 3. The third kappa shape index (κ3) is 3.09. The van der Waals surface area contributed by atoms with Crippen LogP contribution in [-0.4, -0.2) is 15.9 Å². The molecule has 2 aromatic heterocycles. The number of hydrogen-bond acceptors (Lipinski definition) is 4. The second kappa shape index (κ2) is 6.03. The van der Waals surface area contributed by atoms with Crippen LogP contribution in [0.15, 0.2) is 54.3 Å². The van der Waals surface area contributed by atoms with Gasteiger partial charge in [0.1, 0.15) is 5.01 Å². The van der Waals surface area contributed by atoms with Gasteiger partial charge in [0.05, 0.1) is 10.6 Å². The molecule has 21 heavy (non-hydrogen) atoms. The predicted octanol–water partition coefficient (Wildman–Crippen LogP) is 4.11. The molecule has 4 nitrogen and oxygen atoms in total. The number of benzene rings is 1. The van der Waals surface area contributed by atoms with E-state index in [9.17, 15) is 4.79 Å². The van der Waals surface area contributed by atoms with Crippen molar-refractivity contribution >= 4 is 34.5 Å². The summed E-state index contributed by atoms with van der Waals surface area (Å²) in [5, 5.41) is 6.01. The van der Waals surface area contributed by atoms with E-state index < -0.39 is 0 Å². The molecule has 0 bridgehead atoms. The number of thiazole rings is 1. The third-order valence-corrected chi connectivity index (χ3v) is 3.96. The van der Waals surface area contributed by atoms with E-state index in [1.54, 1.807) is 29.8 Å². The summed E-state index contributed by atoms with van der Waals surface area (Å²) in [6.07, 6.45) is 4.74. The van der Waals surface area contributed by atoms with Crippen molar-refractivity contribution in [1.29, 1.82) is 0 Å². The Morgan fingerprint density at radius 3 is 2.90 bits per heavy atom. The summed E-state index contributed by atoms with van der Waals surface area (Å²) in [4.78, 5) is 20.4. The molecule has 0 fully saturated rings. The highest BCUT2D eigenvalue weighted by Crippen LogP contribution is 2.25. The standard InChI is InChI=1S/C15H10ClN3OS/c16-13-4-5-17-9-12(13)14(20)19-11-3-1-2-10(8-11)15-18-6-7-21-15/h1-9H,(H,19,20). The van der Waals surface area contributed by atoms with Gasteiger partial charge < -0.3 is 5.32 Å². The Kier molecular flexibility index (Phi) is 3.94. The van der Waals surface area contributed by atoms with Gasteiger partial charge in [-0.3, -0.25) is 9.78 Å². The summed E-state index contributed by atoms with van der Waals surface area (Å²) in [6.45, 7) is 0. The molecule has 0 radical (unpaired) electrons. The summed E-state index contributed by atoms with van der Waals surface area (Å²) >= 11 is 7.54. The summed E-state index contributed by atoms with van der Waals surface area (Å²) in [5.74, 6) is -0.288. The highest BCUT2D eigenvalue weighted by Gasteiger charge is 2.11. The summed E-state index contributed by atoms with van der Waals surface area (Å²) < 4.78 is 0. The first kappa shape index (κ1) is 13.7. The smallest absolute Gasteiger partial charge is 0.258 e. The number of carbonyl (C=O) groups is 1. The fraction of sp³-hybridized carbons (Fsp3) is 0. The summed E-state index contributed by atoms with van der Waals surface area (Å²) in [6, 6.07) is 9.10. The largest absolute Gasteiger partial charge is 0.322 e. The van der Waals surface area contributed by atoms with Gasteiger partial charge in [-0.25, -0.2) is 4.98 Å². The Morgan fingerprint density at radius 2 is 2.14 bits per heavy atom. The summed E-state index contributed by atoms with van der Waals surface area (Å²) in [7, 11) is 0. The highest BCUT2D eigenvalue weighted by molar-refractivity contribution is 7.13. The maximum atomic E-state index is 12.2. The van der Waals surface area contributed by atoms with E-state index in [2.05, 4.69) is 15.3 Å². The second-order valence-corrected chi connectivity index (χ2v) is 5.53. The number of carbonyl (C=O) groups excluding carboxylic acids is 1. The molecule has 3 aromatic rings. The second-order valence-electron chi connectivity index (χ2n) is 4.23. The minimum Gasteiger partial charge on any atom is -0.322 e. The number of hydrogen-bond donors (Lipinski definition) is 1. The van der Waals surface area contributed by atoms with E-state index in [1.807, 2.05) is 29.6 Å². The van der Waals surface area contributed by atoms with Crippen LogP contribution in [0.1, 0.15) is 10.4 Å². The SMILES string of the molecule is O=C(Nc1cccc(-c2nccs2)c1)c1cnccc1Cl. The molecule has 2 heterocycles. The number of amides is 1. The van der Waals surface area contributed by atoms with Gasteiger partial charge in [0.2, 0.25) is 0 Å². The van der Waals surface area contributed by atoms with Crippen LogP contribution in [0.4, 0.5) is 5.69 Å². The molecule has 0 saturated carbocycles. The molecule has 6 heteroatoms. The molecular formula is C15H10ClN3OS. The molecule has 0 aliphatic rings. The molecule has 0 saturated heterocycles.